The number of aromatic nitrogens is 3. The Kier molecular flexibility index (Phi) is 5.08. The van der Waals surface area contributed by atoms with Crippen LogP contribution in [-0.4, -0.2) is 22.3 Å². The summed E-state index contributed by atoms with van der Waals surface area (Å²) < 4.78 is 5.10. The number of pyridine rings is 1. The minimum Gasteiger partial charge on any atom is -0.497 e. The topological polar surface area (TPSA) is 47.9 Å². The van der Waals surface area contributed by atoms with E-state index in [1.54, 1.807) is 31.6 Å². The third-order valence-electron chi connectivity index (χ3n) is 2.65. The van der Waals surface area contributed by atoms with Gasteiger partial charge in [-0.3, -0.25) is 4.98 Å². The van der Waals surface area contributed by atoms with Crippen LogP contribution in [0.3, 0.4) is 0 Å². The molecule has 0 aliphatic rings. The van der Waals surface area contributed by atoms with E-state index in [4.69, 9.17) is 22.8 Å². The Labute approximate surface area is 127 Å². The number of nitrogens with zero attached hydrogens (tertiary/aromatic N) is 3. The summed E-state index contributed by atoms with van der Waals surface area (Å²) in [5.74, 6) is 3.17. The van der Waals surface area contributed by atoms with Gasteiger partial charge in [-0.25, -0.2) is 0 Å². The first kappa shape index (κ1) is 14.8. The zero-order valence-electron chi connectivity index (χ0n) is 11.3. The molecule has 0 atom stereocenters. The summed E-state index contributed by atoms with van der Waals surface area (Å²) in [6, 6.07) is 11.1. The molecule has 0 radical (unpaired) electrons. The van der Waals surface area contributed by atoms with Crippen molar-refractivity contribution in [1.82, 2.24) is 15.2 Å². The van der Waals surface area contributed by atoms with Gasteiger partial charge in [0.05, 0.1) is 7.11 Å². The number of hydrogen-bond acceptors (Lipinski definition) is 4. The third kappa shape index (κ3) is 3.68. The van der Waals surface area contributed by atoms with Crippen molar-refractivity contribution in [2.45, 2.75) is 0 Å². The molecule has 3 rings (SSSR count). The standard InChI is InChI=1S/C11H7ClN2O.C5H5N/c1-3-10-9-6-7(15-2)4-5-8(9)11(12)14-13-10;1-2-4-6-5-3-1/h1,4-6H,2H3;1-5H. The van der Waals surface area contributed by atoms with Gasteiger partial charge in [-0.2, -0.15) is 0 Å². The average Bonchev–Trinajstić information content (AvgIpc) is 2.57. The maximum absolute atomic E-state index is 5.90. The van der Waals surface area contributed by atoms with Gasteiger partial charge < -0.3 is 4.74 Å². The van der Waals surface area contributed by atoms with E-state index in [9.17, 15) is 0 Å². The second kappa shape index (κ2) is 7.22. The number of methoxy groups -OCH3 is 1. The van der Waals surface area contributed by atoms with Crippen LogP contribution in [0.2, 0.25) is 5.15 Å². The predicted octanol–water partition coefficient (Wildman–Crippen LogP) is 3.35. The summed E-state index contributed by atoms with van der Waals surface area (Å²) in [4.78, 5) is 3.78. The Balaban J connectivity index is 0.000000225. The first-order chi connectivity index (χ1) is 10.3. The lowest BCUT2D eigenvalue weighted by Crippen LogP contribution is -1.92. The van der Waals surface area contributed by atoms with Crippen LogP contribution in [0.15, 0.2) is 48.8 Å². The highest BCUT2D eigenvalue weighted by atomic mass is 35.5. The van der Waals surface area contributed by atoms with Crippen LogP contribution in [-0.2, 0) is 0 Å². The average molecular weight is 298 g/mol. The lowest BCUT2D eigenvalue weighted by Gasteiger charge is -2.04. The molecule has 2 aromatic heterocycles. The van der Waals surface area contributed by atoms with E-state index in [-0.39, 0.29) is 0 Å². The molecule has 0 bridgehead atoms. The molecule has 0 aliphatic carbocycles. The first-order valence-electron chi connectivity index (χ1n) is 6.08. The molecule has 5 heteroatoms. The third-order valence-corrected chi connectivity index (χ3v) is 2.92. The molecule has 0 unspecified atom stereocenters. The van der Waals surface area contributed by atoms with Crippen molar-refractivity contribution in [3.8, 4) is 18.1 Å². The highest BCUT2D eigenvalue weighted by Gasteiger charge is 2.07. The van der Waals surface area contributed by atoms with Gasteiger partial charge >= 0.3 is 0 Å². The molecule has 0 spiro atoms. The smallest absolute Gasteiger partial charge is 0.159 e. The Morgan fingerprint density at radius 3 is 2.38 bits per heavy atom. The molecule has 0 aliphatic heterocycles. The minimum atomic E-state index is 0.339. The van der Waals surface area contributed by atoms with Gasteiger partial charge in [0, 0.05) is 23.2 Å². The number of benzene rings is 1. The molecule has 0 saturated heterocycles. The van der Waals surface area contributed by atoms with E-state index in [2.05, 4.69) is 21.1 Å². The zero-order valence-corrected chi connectivity index (χ0v) is 12.1. The summed E-state index contributed by atoms with van der Waals surface area (Å²) in [5, 5.41) is 9.48. The van der Waals surface area contributed by atoms with E-state index in [0.29, 0.717) is 16.6 Å². The van der Waals surface area contributed by atoms with Gasteiger partial charge in [0.1, 0.15) is 11.4 Å². The summed E-state index contributed by atoms with van der Waals surface area (Å²) >= 11 is 5.90. The molecule has 0 saturated carbocycles. The number of ether oxygens (including phenoxy) is 1. The van der Waals surface area contributed by atoms with Crippen molar-refractivity contribution in [1.29, 1.82) is 0 Å². The molecule has 3 aromatic rings. The molecular formula is C16H12ClN3O. The molecule has 2 heterocycles. The second-order valence-electron chi connectivity index (χ2n) is 3.92. The van der Waals surface area contributed by atoms with Crippen molar-refractivity contribution in [2.24, 2.45) is 0 Å². The van der Waals surface area contributed by atoms with Crippen LogP contribution in [0.25, 0.3) is 10.8 Å². The quantitative estimate of drug-likeness (QED) is 0.646. The van der Waals surface area contributed by atoms with Gasteiger partial charge in [-0.15, -0.1) is 16.6 Å². The number of fused-ring (bicyclic) bond motifs is 1. The Hall–Kier alpha value is -2.64. The van der Waals surface area contributed by atoms with Gasteiger partial charge in [-0.05, 0) is 36.3 Å². The van der Waals surface area contributed by atoms with Crippen LogP contribution < -0.4 is 4.74 Å². The SMILES string of the molecule is C#Cc1nnc(Cl)c2ccc(OC)cc12.c1ccncc1. The summed E-state index contributed by atoms with van der Waals surface area (Å²) in [5.41, 5.74) is 0.466. The van der Waals surface area contributed by atoms with Crippen molar-refractivity contribution in [2.75, 3.05) is 7.11 Å². The second-order valence-corrected chi connectivity index (χ2v) is 4.28. The molecule has 0 fully saturated rings. The maximum atomic E-state index is 5.90. The molecule has 0 N–H and O–H groups in total. The molecule has 104 valence electrons. The fourth-order valence-corrected chi connectivity index (χ4v) is 1.85. The van der Waals surface area contributed by atoms with Crippen molar-refractivity contribution in [3.05, 3.63) is 59.6 Å². The van der Waals surface area contributed by atoms with Crippen LogP contribution in [0, 0.1) is 12.3 Å². The molecule has 0 amide bonds. The van der Waals surface area contributed by atoms with Crippen LogP contribution in [0.1, 0.15) is 5.69 Å². The molecule has 4 nitrogen and oxygen atoms in total. The van der Waals surface area contributed by atoms with Crippen LogP contribution in [0.4, 0.5) is 0 Å². The monoisotopic (exact) mass is 297 g/mol. The van der Waals surface area contributed by atoms with E-state index in [0.717, 1.165) is 10.8 Å². The number of halogens is 1. The van der Waals surface area contributed by atoms with Crippen molar-refractivity contribution < 1.29 is 4.74 Å². The summed E-state index contributed by atoms with van der Waals surface area (Å²) in [6.07, 6.45) is 8.82. The lowest BCUT2D eigenvalue weighted by molar-refractivity contribution is 0.415. The Morgan fingerprint density at radius 1 is 1.10 bits per heavy atom. The largest absolute Gasteiger partial charge is 0.497 e. The van der Waals surface area contributed by atoms with Crippen molar-refractivity contribution >= 4 is 22.4 Å². The number of terminal acetylenes is 1. The van der Waals surface area contributed by atoms with E-state index < -0.39 is 0 Å². The van der Waals surface area contributed by atoms with Crippen LogP contribution >= 0.6 is 11.6 Å². The fourth-order valence-electron chi connectivity index (χ4n) is 1.65. The first-order valence-corrected chi connectivity index (χ1v) is 6.45. The summed E-state index contributed by atoms with van der Waals surface area (Å²) in [6.45, 7) is 0. The van der Waals surface area contributed by atoms with E-state index in [1.807, 2.05) is 24.3 Å². The molecule has 21 heavy (non-hydrogen) atoms. The molecule has 1 aromatic carbocycles. The zero-order chi connectivity index (χ0) is 15.1. The fraction of sp³-hybridized carbons (Fsp3) is 0.0625. The van der Waals surface area contributed by atoms with Gasteiger partial charge in [-0.1, -0.05) is 17.7 Å². The maximum Gasteiger partial charge on any atom is 0.159 e. The van der Waals surface area contributed by atoms with Crippen LogP contribution in [0.5, 0.6) is 5.75 Å². The highest BCUT2D eigenvalue weighted by molar-refractivity contribution is 6.34. The minimum absolute atomic E-state index is 0.339. The predicted molar refractivity (Wildman–Crippen MR) is 83.3 cm³/mol. The Morgan fingerprint density at radius 2 is 1.86 bits per heavy atom. The summed E-state index contributed by atoms with van der Waals surface area (Å²) in [7, 11) is 1.59. The van der Waals surface area contributed by atoms with Gasteiger partial charge in [0.25, 0.3) is 0 Å². The Bertz CT molecular complexity index is 743. The van der Waals surface area contributed by atoms with E-state index >= 15 is 0 Å². The highest BCUT2D eigenvalue weighted by Crippen LogP contribution is 2.26. The number of hydrogen-bond donors (Lipinski definition) is 0. The van der Waals surface area contributed by atoms with E-state index in [1.165, 1.54) is 0 Å². The van der Waals surface area contributed by atoms with Gasteiger partial charge in [0.2, 0.25) is 0 Å². The molecular weight excluding hydrogens is 286 g/mol. The lowest BCUT2D eigenvalue weighted by atomic mass is 10.1. The number of rotatable bonds is 1. The van der Waals surface area contributed by atoms with Crippen molar-refractivity contribution in [3.63, 3.8) is 0 Å². The normalized spacial score (nSPS) is 9.38. The van der Waals surface area contributed by atoms with Gasteiger partial charge in [0.15, 0.2) is 5.15 Å².